The van der Waals surface area contributed by atoms with E-state index in [9.17, 15) is 5.11 Å². The number of halogens is 1. The largest absolute Gasteiger partial charge is 0.490 e. The van der Waals surface area contributed by atoms with Crippen molar-refractivity contribution < 1.29 is 9.84 Å². The molecule has 36 heavy (non-hydrogen) atoms. The first kappa shape index (κ1) is 23.4. The van der Waals surface area contributed by atoms with Gasteiger partial charge in [0.1, 0.15) is 18.5 Å². The monoisotopic (exact) mass is 501 g/mol. The average Bonchev–Trinajstić information content (AvgIpc) is 3.27. The fourth-order valence-corrected chi connectivity index (χ4v) is 5.98. The van der Waals surface area contributed by atoms with Gasteiger partial charge in [-0.3, -0.25) is 4.90 Å². The van der Waals surface area contributed by atoms with Crippen LogP contribution in [0.1, 0.15) is 18.5 Å². The van der Waals surface area contributed by atoms with E-state index >= 15 is 0 Å². The van der Waals surface area contributed by atoms with E-state index < -0.39 is 6.10 Å². The van der Waals surface area contributed by atoms with Gasteiger partial charge in [-0.25, -0.2) is 0 Å². The number of aromatic amines is 1. The van der Waals surface area contributed by atoms with E-state index in [0.29, 0.717) is 23.7 Å². The number of aromatic nitrogens is 1. The van der Waals surface area contributed by atoms with Gasteiger partial charge in [0.05, 0.1) is 10.5 Å². The fraction of sp³-hybridized carbons (Fsp3) is 0.333. The summed E-state index contributed by atoms with van der Waals surface area (Å²) in [4.78, 5) is 8.31. The second kappa shape index (κ2) is 9.81. The Hall–Kier alpha value is -2.99. The third kappa shape index (κ3) is 4.59. The Morgan fingerprint density at radius 2 is 1.81 bits per heavy atom. The van der Waals surface area contributed by atoms with Crippen LogP contribution in [-0.4, -0.2) is 59.4 Å². The number of benzene rings is 3. The smallest absolute Gasteiger partial charge is 0.128 e. The van der Waals surface area contributed by atoms with E-state index in [1.807, 2.05) is 25.1 Å². The summed E-state index contributed by atoms with van der Waals surface area (Å²) in [6.45, 7) is 4.74. The number of H-pyrrole nitrogens is 1. The number of anilines is 1. The number of aryl methyl sites for hydroxylation is 1. The van der Waals surface area contributed by atoms with Crippen molar-refractivity contribution in [2.45, 2.75) is 38.0 Å². The Balaban J connectivity index is 1.14. The quantitative estimate of drug-likeness (QED) is 0.321. The van der Waals surface area contributed by atoms with Crippen LogP contribution < -0.4 is 9.64 Å². The minimum absolute atomic E-state index is 0.249. The maximum atomic E-state index is 11.0. The molecule has 3 aliphatic rings. The molecule has 0 unspecified atom stereocenters. The molecule has 2 N–H and O–H groups in total. The molecule has 0 saturated carbocycles. The molecule has 0 aliphatic carbocycles. The molecule has 6 heteroatoms. The van der Waals surface area contributed by atoms with Crippen LogP contribution in [0.3, 0.4) is 0 Å². The van der Waals surface area contributed by atoms with Gasteiger partial charge >= 0.3 is 0 Å². The number of rotatable bonds is 6. The first-order chi connectivity index (χ1) is 17.5. The topological polar surface area (TPSA) is 51.7 Å². The predicted octanol–water partition coefficient (Wildman–Crippen LogP) is 5.93. The normalized spacial score (nSPS) is 21.1. The molecule has 4 heterocycles. The Bertz CT molecular complexity index is 1410. The van der Waals surface area contributed by atoms with Gasteiger partial charge in [-0.05, 0) is 60.9 Å². The first-order valence-electron chi connectivity index (χ1n) is 12.8. The lowest BCUT2D eigenvalue weighted by atomic mass is 9.96. The lowest BCUT2D eigenvalue weighted by molar-refractivity contribution is 0.0409. The highest BCUT2D eigenvalue weighted by molar-refractivity contribution is 6.35. The third-order valence-electron chi connectivity index (χ3n) is 7.57. The molecule has 4 aromatic rings. The second-order valence-corrected chi connectivity index (χ2v) is 10.5. The highest BCUT2D eigenvalue weighted by Crippen LogP contribution is 2.33. The van der Waals surface area contributed by atoms with Crippen molar-refractivity contribution in [2.24, 2.45) is 0 Å². The second-order valence-electron chi connectivity index (χ2n) is 10.1. The standard InChI is InChI=1S/C30H32ClN3O2/c1-20-14-27-29(13-12-28(31)30(27)32-20)36-19-26(35)18-33-16-25-9-5-4-8-24(33)17-34(25)23-11-10-21-6-2-3-7-22(21)15-23/h2-7,10-15,24-26,32,35H,8-9,16-19H2,1H3/t24-,25-,26-/m0/s1. The molecule has 186 valence electrons. The van der Waals surface area contributed by atoms with Gasteiger partial charge in [0.2, 0.25) is 0 Å². The number of aliphatic hydroxyl groups excluding tert-OH is 1. The van der Waals surface area contributed by atoms with E-state index in [-0.39, 0.29) is 6.61 Å². The van der Waals surface area contributed by atoms with E-state index in [1.165, 1.54) is 16.5 Å². The van der Waals surface area contributed by atoms with E-state index in [2.05, 4.69) is 69.4 Å². The maximum absolute atomic E-state index is 11.0. The fourth-order valence-electron chi connectivity index (χ4n) is 5.77. The van der Waals surface area contributed by atoms with Crippen LogP contribution in [0.2, 0.25) is 5.02 Å². The summed E-state index contributed by atoms with van der Waals surface area (Å²) in [5.74, 6) is 0.748. The van der Waals surface area contributed by atoms with E-state index in [0.717, 1.165) is 48.3 Å². The van der Waals surface area contributed by atoms with Gasteiger partial charge in [-0.2, -0.15) is 0 Å². The molecule has 0 spiro atoms. The van der Waals surface area contributed by atoms with Crippen LogP contribution in [0.4, 0.5) is 5.69 Å². The van der Waals surface area contributed by atoms with Crippen LogP contribution in [0.15, 0.2) is 72.8 Å². The third-order valence-corrected chi connectivity index (χ3v) is 7.89. The van der Waals surface area contributed by atoms with Crippen LogP contribution >= 0.6 is 11.6 Å². The molecule has 2 bridgehead atoms. The Labute approximate surface area is 216 Å². The maximum Gasteiger partial charge on any atom is 0.128 e. The minimum Gasteiger partial charge on any atom is -0.490 e. The number of piperazine rings is 1. The lowest BCUT2D eigenvalue weighted by Crippen LogP contribution is -2.60. The van der Waals surface area contributed by atoms with Crippen molar-refractivity contribution in [3.05, 3.63) is 83.5 Å². The number of nitrogens with zero attached hydrogens (tertiary/aromatic N) is 2. The molecule has 5 nitrogen and oxygen atoms in total. The summed E-state index contributed by atoms with van der Waals surface area (Å²) in [5.41, 5.74) is 3.20. The van der Waals surface area contributed by atoms with Gasteiger partial charge in [-0.15, -0.1) is 0 Å². The van der Waals surface area contributed by atoms with Crippen LogP contribution in [0.5, 0.6) is 5.75 Å². The summed E-state index contributed by atoms with van der Waals surface area (Å²) in [7, 11) is 0. The SMILES string of the molecule is Cc1cc2c(OC[C@@H](O)CN3C[C@@H]4CC=CC[C@H]3CN4c3ccc4ccccc4c3)ccc(Cl)c2[nH]1. The lowest BCUT2D eigenvalue weighted by Gasteiger charge is -2.48. The molecule has 0 amide bonds. The average molecular weight is 502 g/mol. The summed E-state index contributed by atoms with van der Waals surface area (Å²) in [6.07, 6.45) is 6.06. The van der Waals surface area contributed by atoms with Gasteiger partial charge in [0, 0.05) is 48.5 Å². The van der Waals surface area contributed by atoms with Crippen LogP contribution in [0, 0.1) is 6.92 Å². The molecular formula is C30H32ClN3O2. The Morgan fingerprint density at radius 3 is 2.67 bits per heavy atom. The predicted molar refractivity (Wildman–Crippen MR) is 148 cm³/mol. The number of nitrogens with one attached hydrogen (secondary N) is 1. The first-order valence-corrected chi connectivity index (χ1v) is 13.2. The van der Waals surface area contributed by atoms with E-state index in [1.54, 1.807) is 0 Å². The Kier molecular flexibility index (Phi) is 6.38. The number of fused-ring (bicyclic) bond motifs is 6. The number of aliphatic hydroxyl groups is 1. The van der Waals surface area contributed by atoms with Crippen molar-refractivity contribution in [3.8, 4) is 5.75 Å². The minimum atomic E-state index is -0.574. The molecule has 3 aliphatic heterocycles. The zero-order valence-electron chi connectivity index (χ0n) is 20.5. The van der Waals surface area contributed by atoms with E-state index in [4.69, 9.17) is 16.3 Å². The van der Waals surface area contributed by atoms with Crippen molar-refractivity contribution in [2.75, 3.05) is 31.1 Å². The molecule has 1 saturated heterocycles. The van der Waals surface area contributed by atoms with Gasteiger partial charge in [0.15, 0.2) is 0 Å². The zero-order chi connectivity index (χ0) is 24.6. The molecule has 7 rings (SSSR count). The molecule has 0 radical (unpaired) electrons. The molecule has 1 fully saturated rings. The van der Waals surface area contributed by atoms with Crippen molar-refractivity contribution in [1.82, 2.24) is 9.88 Å². The van der Waals surface area contributed by atoms with Crippen LogP contribution in [0.25, 0.3) is 21.7 Å². The highest BCUT2D eigenvalue weighted by Gasteiger charge is 2.35. The summed E-state index contributed by atoms with van der Waals surface area (Å²) >= 11 is 6.33. The Morgan fingerprint density at radius 1 is 1.00 bits per heavy atom. The zero-order valence-corrected chi connectivity index (χ0v) is 21.3. The van der Waals surface area contributed by atoms with Gasteiger partial charge < -0.3 is 19.7 Å². The van der Waals surface area contributed by atoms with Crippen molar-refractivity contribution in [1.29, 1.82) is 0 Å². The van der Waals surface area contributed by atoms with Gasteiger partial charge in [0.25, 0.3) is 0 Å². The molecular weight excluding hydrogens is 470 g/mol. The number of hydrogen-bond acceptors (Lipinski definition) is 4. The molecule has 1 aromatic heterocycles. The van der Waals surface area contributed by atoms with Crippen molar-refractivity contribution in [3.63, 3.8) is 0 Å². The molecule has 3 atom stereocenters. The summed E-state index contributed by atoms with van der Waals surface area (Å²) in [6, 6.07) is 21.8. The number of ether oxygens (including phenoxy) is 1. The highest BCUT2D eigenvalue weighted by atomic mass is 35.5. The molecule has 3 aromatic carbocycles. The van der Waals surface area contributed by atoms with Crippen molar-refractivity contribution >= 4 is 39.0 Å². The van der Waals surface area contributed by atoms with Crippen LogP contribution in [-0.2, 0) is 0 Å². The number of hydrogen-bond donors (Lipinski definition) is 2. The van der Waals surface area contributed by atoms with Gasteiger partial charge in [-0.1, -0.05) is 54.1 Å². The summed E-state index contributed by atoms with van der Waals surface area (Å²) in [5, 5.41) is 15.1. The summed E-state index contributed by atoms with van der Waals surface area (Å²) < 4.78 is 6.08.